The molecule has 0 aliphatic carbocycles. The van der Waals surface area contributed by atoms with Gasteiger partial charge in [0.25, 0.3) is 5.56 Å². The summed E-state index contributed by atoms with van der Waals surface area (Å²) in [5, 5.41) is 2.88. The number of carbonyl (C=O) groups is 1. The number of thioether (sulfide) groups is 1. The number of anilines is 1. The molecule has 6 nitrogen and oxygen atoms in total. The lowest BCUT2D eigenvalue weighted by Gasteiger charge is -2.18. The van der Waals surface area contributed by atoms with Crippen LogP contribution in [-0.2, 0) is 4.79 Å². The minimum absolute atomic E-state index is 0.264. The van der Waals surface area contributed by atoms with Gasteiger partial charge < -0.3 is 10.1 Å². The van der Waals surface area contributed by atoms with Gasteiger partial charge in [0.15, 0.2) is 5.16 Å². The summed E-state index contributed by atoms with van der Waals surface area (Å²) in [7, 11) is 1.53. The van der Waals surface area contributed by atoms with Crippen molar-refractivity contribution in [3.8, 4) is 11.4 Å². The van der Waals surface area contributed by atoms with E-state index in [0.29, 0.717) is 33.2 Å². The number of rotatable bonds is 6. The topological polar surface area (TPSA) is 73.2 Å². The second-order valence-electron chi connectivity index (χ2n) is 6.98. The molecule has 1 amide bonds. The average Bonchev–Trinajstić information content (AvgIpc) is 2.79. The van der Waals surface area contributed by atoms with Crippen molar-refractivity contribution < 1.29 is 13.9 Å². The van der Waals surface area contributed by atoms with E-state index in [1.807, 2.05) is 6.07 Å². The molecule has 0 spiro atoms. The number of carbonyl (C=O) groups excluding carboxylic acids is 1. The van der Waals surface area contributed by atoms with Crippen LogP contribution in [0, 0.1) is 5.82 Å². The number of ether oxygens (including phenoxy) is 1. The Hall–Kier alpha value is -3.65. The molecule has 0 bridgehead atoms. The lowest BCUT2D eigenvalue weighted by Crippen LogP contribution is -2.26. The van der Waals surface area contributed by atoms with Crippen molar-refractivity contribution in [2.45, 2.75) is 17.3 Å². The van der Waals surface area contributed by atoms with Crippen LogP contribution in [0.1, 0.15) is 6.92 Å². The molecule has 1 aromatic heterocycles. The van der Waals surface area contributed by atoms with Crippen molar-refractivity contribution in [3.05, 3.63) is 89.0 Å². The Labute approximate surface area is 188 Å². The predicted octanol–water partition coefficient (Wildman–Crippen LogP) is 4.65. The van der Waals surface area contributed by atoms with Crippen molar-refractivity contribution >= 4 is 34.3 Å². The van der Waals surface area contributed by atoms with Crippen molar-refractivity contribution in [2.24, 2.45) is 0 Å². The van der Waals surface area contributed by atoms with E-state index < -0.39 is 11.1 Å². The molecule has 0 aliphatic rings. The van der Waals surface area contributed by atoms with Crippen LogP contribution in [0.3, 0.4) is 0 Å². The van der Waals surface area contributed by atoms with Crippen LogP contribution >= 0.6 is 11.8 Å². The van der Waals surface area contributed by atoms with Crippen LogP contribution in [0.4, 0.5) is 10.1 Å². The van der Waals surface area contributed by atoms with Crippen LogP contribution in [-0.4, -0.2) is 27.8 Å². The summed E-state index contributed by atoms with van der Waals surface area (Å²) >= 11 is 1.14. The first-order valence-corrected chi connectivity index (χ1v) is 10.7. The number of amides is 1. The summed E-state index contributed by atoms with van der Waals surface area (Å²) in [5.74, 6) is -0.274. The molecular weight excluding hydrogens is 429 g/mol. The number of benzene rings is 3. The van der Waals surface area contributed by atoms with E-state index in [4.69, 9.17) is 4.74 Å². The number of para-hydroxylation sites is 3. The number of methoxy groups -OCH3 is 1. The van der Waals surface area contributed by atoms with Crippen molar-refractivity contribution in [1.29, 1.82) is 0 Å². The summed E-state index contributed by atoms with van der Waals surface area (Å²) in [5.41, 5.74) is 1.15. The van der Waals surface area contributed by atoms with Gasteiger partial charge in [0.05, 0.1) is 29.0 Å². The number of nitrogens with zero attached hydrogens (tertiary/aromatic N) is 2. The van der Waals surface area contributed by atoms with Gasteiger partial charge in [-0.1, -0.05) is 42.1 Å². The zero-order valence-corrected chi connectivity index (χ0v) is 18.2. The Morgan fingerprint density at radius 3 is 2.62 bits per heavy atom. The molecule has 0 saturated carbocycles. The first-order valence-electron chi connectivity index (χ1n) is 9.86. The molecule has 1 N–H and O–H groups in total. The Morgan fingerprint density at radius 1 is 1.09 bits per heavy atom. The fourth-order valence-electron chi connectivity index (χ4n) is 3.24. The van der Waals surface area contributed by atoms with E-state index in [1.54, 1.807) is 55.5 Å². The molecule has 8 heteroatoms. The van der Waals surface area contributed by atoms with Gasteiger partial charge in [-0.2, -0.15) is 0 Å². The van der Waals surface area contributed by atoms with E-state index in [0.717, 1.165) is 11.8 Å². The molecule has 162 valence electrons. The van der Waals surface area contributed by atoms with Gasteiger partial charge >= 0.3 is 0 Å². The third-order valence-corrected chi connectivity index (χ3v) is 5.87. The highest BCUT2D eigenvalue weighted by Crippen LogP contribution is 2.29. The molecule has 3 aromatic carbocycles. The molecule has 0 aliphatic heterocycles. The third-order valence-electron chi connectivity index (χ3n) is 4.81. The van der Waals surface area contributed by atoms with Crippen molar-refractivity contribution in [2.75, 3.05) is 12.4 Å². The number of nitrogens with one attached hydrogen (secondary N) is 1. The second-order valence-corrected chi connectivity index (χ2v) is 8.29. The molecule has 1 unspecified atom stereocenters. The van der Waals surface area contributed by atoms with Gasteiger partial charge in [-0.05, 0) is 49.4 Å². The highest BCUT2D eigenvalue weighted by atomic mass is 32.2. The maximum atomic E-state index is 13.5. The molecule has 0 fully saturated rings. The average molecular weight is 450 g/mol. The molecule has 0 saturated heterocycles. The standard InChI is InChI=1S/C24H20FN3O3S/c1-15(22(29)26-17-9-7-8-16(25)14-17)32-24-27-19-11-4-3-10-18(19)23(30)28(24)20-12-5-6-13-21(20)31-2/h3-15H,1-2H3,(H,26,29). The van der Waals surface area contributed by atoms with E-state index >= 15 is 0 Å². The monoisotopic (exact) mass is 449 g/mol. The largest absolute Gasteiger partial charge is 0.495 e. The number of aromatic nitrogens is 2. The SMILES string of the molecule is COc1ccccc1-n1c(SC(C)C(=O)Nc2cccc(F)c2)nc2ccccc2c1=O. The van der Waals surface area contributed by atoms with Crippen LogP contribution in [0.15, 0.2) is 82.7 Å². The highest BCUT2D eigenvalue weighted by Gasteiger charge is 2.22. The molecule has 4 rings (SSSR count). The first kappa shape index (κ1) is 21.6. The fraction of sp³-hybridized carbons (Fsp3) is 0.125. The van der Waals surface area contributed by atoms with Crippen LogP contribution in [0.2, 0.25) is 0 Å². The molecule has 0 radical (unpaired) electrons. The number of halogens is 1. The Kier molecular flexibility index (Phi) is 6.23. The molecule has 32 heavy (non-hydrogen) atoms. The summed E-state index contributed by atoms with van der Waals surface area (Å²) in [6.07, 6.45) is 0. The van der Waals surface area contributed by atoms with E-state index in [-0.39, 0.29) is 11.5 Å². The van der Waals surface area contributed by atoms with Crippen molar-refractivity contribution in [3.63, 3.8) is 0 Å². The van der Waals surface area contributed by atoms with Crippen molar-refractivity contribution in [1.82, 2.24) is 9.55 Å². The van der Waals surface area contributed by atoms with E-state index in [2.05, 4.69) is 10.3 Å². The molecular formula is C24H20FN3O3S. The van der Waals surface area contributed by atoms with E-state index in [9.17, 15) is 14.0 Å². The summed E-state index contributed by atoms with van der Waals surface area (Å²) in [6, 6.07) is 19.9. The summed E-state index contributed by atoms with van der Waals surface area (Å²) < 4.78 is 20.4. The van der Waals surface area contributed by atoms with Gasteiger partial charge in [0, 0.05) is 5.69 Å². The first-order chi connectivity index (χ1) is 15.5. The lowest BCUT2D eigenvalue weighted by atomic mass is 10.2. The van der Waals surface area contributed by atoms with Crippen LogP contribution in [0.5, 0.6) is 5.75 Å². The Balaban J connectivity index is 1.76. The quantitative estimate of drug-likeness (QED) is 0.343. The fourth-order valence-corrected chi connectivity index (χ4v) is 4.16. The predicted molar refractivity (Wildman–Crippen MR) is 124 cm³/mol. The summed E-state index contributed by atoms with van der Waals surface area (Å²) in [4.78, 5) is 30.8. The van der Waals surface area contributed by atoms with Crippen LogP contribution < -0.4 is 15.6 Å². The van der Waals surface area contributed by atoms with Gasteiger partial charge in [0.1, 0.15) is 11.6 Å². The minimum atomic E-state index is -0.618. The highest BCUT2D eigenvalue weighted by molar-refractivity contribution is 8.00. The van der Waals surface area contributed by atoms with Gasteiger partial charge in [-0.15, -0.1) is 0 Å². The zero-order valence-electron chi connectivity index (χ0n) is 17.4. The lowest BCUT2D eigenvalue weighted by molar-refractivity contribution is -0.115. The Morgan fingerprint density at radius 2 is 1.84 bits per heavy atom. The molecule has 1 heterocycles. The third kappa shape index (κ3) is 4.36. The minimum Gasteiger partial charge on any atom is -0.495 e. The number of hydrogen-bond acceptors (Lipinski definition) is 5. The maximum absolute atomic E-state index is 13.5. The van der Waals surface area contributed by atoms with Crippen LogP contribution in [0.25, 0.3) is 16.6 Å². The van der Waals surface area contributed by atoms with E-state index in [1.165, 1.54) is 29.9 Å². The van der Waals surface area contributed by atoms with Gasteiger partial charge in [0.2, 0.25) is 5.91 Å². The number of fused-ring (bicyclic) bond motifs is 1. The molecule has 1 atom stereocenters. The molecule has 4 aromatic rings. The smallest absolute Gasteiger partial charge is 0.266 e. The number of hydrogen-bond donors (Lipinski definition) is 1. The second kappa shape index (κ2) is 9.23. The zero-order chi connectivity index (χ0) is 22.7. The van der Waals surface area contributed by atoms with Gasteiger partial charge in [-0.3, -0.25) is 14.2 Å². The maximum Gasteiger partial charge on any atom is 0.266 e. The Bertz CT molecular complexity index is 1360. The summed E-state index contributed by atoms with van der Waals surface area (Å²) in [6.45, 7) is 1.70. The normalized spacial score (nSPS) is 11.8. The van der Waals surface area contributed by atoms with Gasteiger partial charge in [-0.25, -0.2) is 9.37 Å².